The predicted molar refractivity (Wildman–Crippen MR) is 121 cm³/mol. The van der Waals surface area contributed by atoms with Gasteiger partial charge in [0.15, 0.2) is 5.82 Å². The van der Waals surface area contributed by atoms with Crippen molar-refractivity contribution >= 4 is 5.97 Å². The Labute approximate surface area is 225 Å². The topological polar surface area (TPSA) is 75.5 Å². The third-order valence-corrected chi connectivity index (χ3v) is 5.99. The van der Waals surface area contributed by atoms with E-state index in [9.17, 15) is 44.3 Å². The first-order valence-electron chi connectivity index (χ1n) is 12.0. The molecule has 3 aromatic rings. The normalized spacial score (nSPS) is 17.4. The van der Waals surface area contributed by atoms with Crippen molar-refractivity contribution in [3.63, 3.8) is 0 Å². The minimum Gasteiger partial charge on any atom is -0.493 e. The molecule has 4 rings (SSSR count). The SMILES string of the molecule is CCOC(=O)C[C@H]1O[C@H](c2cccc(OCC)c2C(F)(F)F)c2cc(C(F)(F)F)ccc2-n2c1nnc2C(F)(F)F. The maximum absolute atomic E-state index is 14.4. The van der Waals surface area contributed by atoms with Crippen LogP contribution in [0.2, 0.25) is 0 Å². The van der Waals surface area contributed by atoms with E-state index in [1.165, 1.54) is 13.8 Å². The van der Waals surface area contributed by atoms with Gasteiger partial charge in [0.1, 0.15) is 23.5 Å². The molecule has 16 heteroatoms. The summed E-state index contributed by atoms with van der Waals surface area (Å²) in [6.45, 7) is 2.47. The summed E-state index contributed by atoms with van der Waals surface area (Å²) in [5.74, 6) is -4.06. The molecule has 222 valence electrons. The van der Waals surface area contributed by atoms with E-state index in [1.807, 2.05) is 0 Å². The summed E-state index contributed by atoms with van der Waals surface area (Å²) in [5, 5.41) is 6.60. The predicted octanol–water partition coefficient (Wildman–Crippen LogP) is 6.84. The molecule has 0 amide bonds. The Hall–Kier alpha value is -3.82. The van der Waals surface area contributed by atoms with Crippen LogP contribution in [0.1, 0.15) is 66.4 Å². The van der Waals surface area contributed by atoms with Gasteiger partial charge in [-0.2, -0.15) is 39.5 Å². The van der Waals surface area contributed by atoms with Crippen molar-refractivity contribution in [2.45, 2.75) is 51.0 Å². The molecule has 1 aromatic heterocycles. The van der Waals surface area contributed by atoms with Crippen LogP contribution < -0.4 is 4.74 Å². The van der Waals surface area contributed by atoms with Gasteiger partial charge in [-0.05, 0) is 38.1 Å². The molecular formula is C25H20F9N3O4. The van der Waals surface area contributed by atoms with E-state index in [0.29, 0.717) is 22.8 Å². The highest BCUT2D eigenvalue weighted by molar-refractivity contribution is 5.70. The van der Waals surface area contributed by atoms with E-state index in [-0.39, 0.29) is 13.2 Å². The Balaban J connectivity index is 2.09. The third-order valence-electron chi connectivity index (χ3n) is 5.99. The van der Waals surface area contributed by atoms with Gasteiger partial charge in [-0.1, -0.05) is 12.1 Å². The molecule has 1 aliphatic heterocycles. The number of hydrogen-bond acceptors (Lipinski definition) is 6. The van der Waals surface area contributed by atoms with Gasteiger partial charge < -0.3 is 14.2 Å². The maximum Gasteiger partial charge on any atom is 0.452 e. The summed E-state index contributed by atoms with van der Waals surface area (Å²) in [7, 11) is 0. The van der Waals surface area contributed by atoms with Gasteiger partial charge in [-0.15, -0.1) is 10.2 Å². The second kappa shape index (κ2) is 10.9. The quantitative estimate of drug-likeness (QED) is 0.229. The van der Waals surface area contributed by atoms with Crippen molar-refractivity contribution in [3.05, 3.63) is 70.3 Å². The average Bonchev–Trinajstić information content (AvgIpc) is 3.26. The Kier molecular flexibility index (Phi) is 7.99. The van der Waals surface area contributed by atoms with Crippen molar-refractivity contribution < 1.29 is 58.5 Å². The van der Waals surface area contributed by atoms with Crippen molar-refractivity contribution in [2.75, 3.05) is 13.2 Å². The van der Waals surface area contributed by atoms with Crippen LogP contribution in [-0.2, 0) is 32.8 Å². The van der Waals surface area contributed by atoms with Gasteiger partial charge in [0, 0.05) is 11.1 Å². The fourth-order valence-electron chi connectivity index (χ4n) is 4.47. The zero-order valence-electron chi connectivity index (χ0n) is 21.1. The van der Waals surface area contributed by atoms with Crippen LogP contribution in [0, 0.1) is 0 Å². The van der Waals surface area contributed by atoms with E-state index >= 15 is 0 Å². The number of fused-ring (bicyclic) bond motifs is 3. The van der Waals surface area contributed by atoms with Crippen molar-refractivity contribution in [2.24, 2.45) is 0 Å². The summed E-state index contributed by atoms with van der Waals surface area (Å²) < 4.78 is 143. The second-order valence-corrected chi connectivity index (χ2v) is 8.65. The lowest BCUT2D eigenvalue weighted by atomic mass is 9.93. The lowest BCUT2D eigenvalue weighted by Crippen LogP contribution is -2.20. The van der Waals surface area contributed by atoms with Gasteiger partial charge >= 0.3 is 24.5 Å². The fraction of sp³-hybridized carbons (Fsp3) is 0.400. The van der Waals surface area contributed by atoms with Crippen molar-refractivity contribution in [1.82, 2.24) is 14.8 Å². The Morgan fingerprint density at radius 1 is 0.902 bits per heavy atom. The molecule has 0 saturated heterocycles. The number of nitrogens with zero attached hydrogens (tertiary/aromatic N) is 3. The smallest absolute Gasteiger partial charge is 0.452 e. The van der Waals surface area contributed by atoms with Crippen LogP contribution in [0.25, 0.3) is 5.69 Å². The monoisotopic (exact) mass is 597 g/mol. The number of esters is 1. The standard InChI is InChI=1S/C25H20F9N3O4/c1-3-39-16-7-5-6-13(19(16)24(29,30)31)20-14-10-12(23(26,27)28)8-9-15(14)37-21(35-36-22(37)25(32,33)34)17(41-20)11-18(38)40-4-2/h5-10,17,20H,3-4,11H2,1-2H3/t17-,20-/m1/s1. The molecule has 0 fully saturated rings. The maximum atomic E-state index is 14.4. The zero-order valence-corrected chi connectivity index (χ0v) is 21.1. The van der Waals surface area contributed by atoms with Gasteiger partial charge in [0.05, 0.1) is 30.9 Å². The highest BCUT2D eigenvalue weighted by atomic mass is 19.4. The first-order chi connectivity index (χ1) is 19.1. The van der Waals surface area contributed by atoms with Gasteiger partial charge in [0.25, 0.3) is 0 Å². The van der Waals surface area contributed by atoms with E-state index in [2.05, 4.69) is 10.2 Å². The molecule has 0 radical (unpaired) electrons. The molecule has 0 N–H and O–H groups in total. The highest BCUT2D eigenvalue weighted by Gasteiger charge is 2.46. The molecule has 2 atom stereocenters. The number of benzene rings is 2. The third kappa shape index (κ3) is 5.96. The first kappa shape index (κ1) is 30.1. The van der Waals surface area contributed by atoms with Gasteiger partial charge in [-0.25, -0.2) is 0 Å². The minimum absolute atomic E-state index is 0.154. The van der Waals surface area contributed by atoms with Crippen LogP contribution >= 0.6 is 0 Å². The number of halogens is 9. The van der Waals surface area contributed by atoms with Crippen LogP contribution in [0.4, 0.5) is 39.5 Å². The Morgan fingerprint density at radius 3 is 2.20 bits per heavy atom. The molecule has 0 spiro atoms. The highest BCUT2D eigenvalue weighted by Crippen LogP contribution is 2.49. The molecule has 41 heavy (non-hydrogen) atoms. The second-order valence-electron chi connectivity index (χ2n) is 8.65. The number of carbonyl (C=O) groups excluding carboxylic acids is 1. The number of carbonyl (C=O) groups is 1. The summed E-state index contributed by atoms with van der Waals surface area (Å²) in [4.78, 5) is 12.4. The number of rotatable bonds is 6. The number of aromatic nitrogens is 3. The van der Waals surface area contributed by atoms with Gasteiger partial charge in [-0.3, -0.25) is 9.36 Å². The van der Waals surface area contributed by atoms with E-state index < -0.39 is 88.5 Å². The number of ether oxygens (including phenoxy) is 3. The summed E-state index contributed by atoms with van der Waals surface area (Å²) in [5.41, 5.74) is -4.89. The van der Waals surface area contributed by atoms with E-state index in [4.69, 9.17) is 14.2 Å². The van der Waals surface area contributed by atoms with Gasteiger partial charge in [0.2, 0.25) is 5.82 Å². The molecule has 0 saturated carbocycles. The van der Waals surface area contributed by atoms with E-state index in [1.54, 1.807) is 0 Å². The van der Waals surface area contributed by atoms with Crippen LogP contribution in [0.15, 0.2) is 36.4 Å². The van der Waals surface area contributed by atoms with Crippen molar-refractivity contribution in [1.29, 1.82) is 0 Å². The lowest BCUT2D eigenvalue weighted by Gasteiger charge is -2.26. The molecule has 2 aromatic carbocycles. The Bertz CT molecular complexity index is 1430. The van der Waals surface area contributed by atoms with E-state index in [0.717, 1.165) is 18.2 Å². The zero-order chi connectivity index (χ0) is 30.3. The number of hydrogen-bond donors (Lipinski definition) is 0. The number of alkyl halides is 9. The van der Waals surface area contributed by atoms with Crippen LogP contribution in [-0.4, -0.2) is 33.9 Å². The molecule has 7 nitrogen and oxygen atoms in total. The molecule has 2 heterocycles. The van der Waals surface area contributed by atoms with Crippen molar-refractivity contribution in [3.8, 4) is 11.4 Å². The fourth-order valence-corrected chi connectivity index (χ4v) is 4.47. The summed E-state index contributed by atoms with van der Waals surface area (Å²) in [6, 6.07) is 4.52. The summed E-state index contributed by atoms with van der Waals surface area (Å²) >= 11 is 0. The van der Waals surface area contributed by atoms with Crippen LogP contribution in [0.3, 0.4) is 0 Å². The Morgan fingerprint density at radius 2 is 1.61 bits per heavy atom. The minimum atomic E-state index is -5.20. The lowest BCUT2D eigenvalue weighted by molar-refractivity contribution is -0.149. The molecule has 0 unspecified atom stereocenters. The molecule has 0 aliphatic carbocycles. The molecule has 1 aliphatic rings. The van der Waals surface area contributed by atoms with Crippen LogP contribution in [0.5, 0.6) is 5.75 Å². The molecular weight excluding hydrogens is 577 g/mol. The summed E-state index contributed by atoms with van der Waals surface area (Å²) in [6.07, 6.45) is -20.1. The largest absolute Gasteiger partial charge is 0.493 e. The molecule has 0 bridgehead atoms. The average molecular weight is 597 g/mol. The first-order valence-corrected chi connectivity index (χ1v) is 12.0.